The summed E-state index contributed by atoms with van der Waals surface area (Å²) in [6, 6.07) is 15.4. The second-order valence-corrected chi connectivity index (χ2v) is 5.96. The number of benzene rings is 2. The minimum Gasteiger partial charge on any atom is -0.494 e. The van der Waals surface area contributed by atoms with Gasteiger partial charge in [0.25, 0.3) is 0 Å². The van der Waals surface area contributed by atoms with E-state index in [4.69, 9.17) is 4.74 Å². The van der Waals surface area contributed by atoms with Crippen LogP contribution in [0.4, 0.5) is 0 Å². The third-order valence-electron chi connectivity index (χ3n) is 4.61. The van der Waals surface area contributed by atoms with Crippen LogP contribution in [-0.2, 0) is 12.8 Å². The Labute approximate surface area is 128 Å². The second-order valence-electron chi connectivity index (χ2n) is 5.96. The Hall–Kier alpha value is -1.76. The predicted molar refractivity (Wildman–Crippen MR) is 88.9 cm³/mol. The number of rotatable bonds is 4. The van der Waals surface area contributed by atoms with E-state index in [9.17, 15) is 0 Å². The summed E-state index contributed by atoms with van der Waals surface area (Å²) in [7, 11) is 0. The minimum absolute atomic E-state index is 0.719. The highest BCUT2D eigenvalue weighted by atomic mass is 16.5. The first-order chi connectivity index (χ1) is 10.3. The van der Waals surface area contributed by atoms with E-state index < -0.39 is 0 Å². The molecule has 2 aromatic rings. The first-order valence-corrected chi connectivity index (χ1v) is 8.15. The summed E-state index contributed by atoms with van der Waals surface area (Å²) < 4.78 is 5.51. The van der Waals surface area contributed by atoms with Crippen LogP contribution in [0, 0.1) is 5.92 Å². The maximum Gasteiger partial charge on any atom is 0.119 e. The lowest BCUT2D eigenvalue weighted by molar-refractivity contribution is 0.340. The molecule has 0 heterocycles. The van der Waals surface area contributed by atoms with Gasteiger partial charge in [0.1, 0.15) is 5.75 Å². The first-order valence-electron chi connectivity index (χ1n) is 8.15. The first kappa shape index (κ1) is 14.2. The van der Waals surface area contributed by atoms with Gasteiger partial charge >= 0.3 is 0 Å². The molecule has 1 aliphatic carbocycles. The van der Waals surface area contributed by atoms with Gasteiger partial charge in [-0.25, -0.2) is 0 Å². The zero-order valence-corrected chi connectivity index (χ0v) is 13.1. The monoisotopic (exact) mass is 280 g/mol. The van der Waals surface area contributed by atoms with Gasteiger partial charge in [0.05, 0.1) is 6.61 Å². The van der Waals surface area contributed by atoms with E-state index >= 15 is 0 Å². The van der Waals surface area contributed by atoms with Crippen molar-refractivity contribution in [1.82, 2.24) is 0 Å². The Balaban J connectivity index is 1.83. The molecule has 0 amide bonds. The Kier molecular flexibility index (Phi) is 4.28. The summed E-state index contributed by atoms with van der Waals surface area (Å²) >= 11 is 0. The molecule has 0 bridgehead atoms. The molecule has 0 aliphatic heterocycles. The van der Waals surface area contributed by atoms with E-state index in [1.807, 2.05) is 6.92 Å². The van der Waals surface area contributed by atoms with Crippen LogP contribution in [0.1, 0.15) is 37.8 Å². The average Bonchev–Trinajstić information content (AvgIpc) is 2.55. The predicted octanol–water partition coefficient (Wildman–Crippen LogP) is 5.27. The van der Waals surface area contributed by atoms with E-state index in [0.717, 1.165) is 18.3 Å². The van der Waals surface area contributed by atoms with Crippen LogP contribution < -0.4 is 4.74 Å². The van der Waals surface area contributed by atoms with Crippen molar-refractivity contribution in [2.24, 2.45) is 5.92 Å². The zero-order chi connectivity index (χ0) is 14.7. The third-order valence-corrected chi connectivity index (χ3v) is 4.61. The molecule has 0 saturated heterocycles. The summed E-state index contributed by atoms with van der Waals surface area (Å²) in [6.07, 6.45) is 5.14. The lowest BCUT2D eigenvalue weighted by Crippen LogP contribution is -2.13. The molecule has 0 spiro atoms. The number of aryl methyl sites for hydroxylation is 1. The zero-order valence-electron chi connectivity index (χ0n) is 13.1. The molecule has 1 heteroatoms. The Morgan fingerprint density at radius 1 is 0.952 bits per heavy atom. The van der Waals surface area contributed by atoms with E-state index in [2.05, 4.69) is 49.4 Å². The van der Waals surface area contributed by atoms with Crippen LogP contribution in [0.2, 0.25) is 0 Å². The lowest BCUT2D eigenvalue weighted by Gasteiger charge is -2.24. The Morgan fingerprint density at radius 2 is 1.71 bits per heavy atom. The topological polar surface area (TPSA) is 9.23 Å². The number of fused-ring (bicyclic) bond motifs is 1. The maximum atomic E-state index is 5.51. The summed E-state index contributed by atoms with van der Waals surface area (Å²) in [5.41, 5.74) is 5.71. The molecule has 3 rings (SSSR count). The standard InChI is InChI=1S/C20H24O/c1-3-15-5-6-19-14-18(8-7-17(19)13-15)16-9-11-20(12-10-16)21-4-2/h7-12,14-15H,3-6,13H2,1-2H3. The highest BCUT2D eigenvalue weighted by Gasteiger charge is 2.17. The van der Waals surface area contributed by atoms with E-state index in [0.29, 0.717) is 0 Å². The Bertz CT molecular complexity index is 598. The van der Waals surface area contributed by atoms with Gasteiger partial charge in [-0.2, -0.15) is 0 Å². The van der Waals surface area contributed by atoms with Crippen LogP contribution >= 0.6 is 0 Å². The van der Waals surface area contributed by atoms with Gasteiger partial charge < -0.3 is 4.74 Å². The molecule has 0 aromatic heterocycles. The molecule has 1 unspecified atom stereocenters. The fourth-order valence-corrected chi connectivity index (χ4v) is 3.27. The van der Waals surface area contributed by atoms with Gasteiger partial charge in [0.15, 0.2) is 0 Å². The maximum absolute atomic E-state index is 5.51. The van der Waals surface area contributed by atoms with Crippen molar-refractivity contribution in [3.05, 3.63) is 53.6 Å². The van der Waals surface area contributed by atoms with Crippen molar-refractivity contribution < 1.29 is 4.74 Å². The quantitative estimate of drug-likeness (QED) is 0.741. The summed E-state index contributed by atoms with van der Waals surface area (Å²) in [5, 5.41) is 0. The van der Waals surface area contributed by atoms with Crippen LogP contribution in [-0.4, -0.2) is 6.61 Å². The smallest absolute Gasteiger partial charge is 0.119 e. The molecular weight excluding hydrogens is 256 g/mol. The highest BCUT2D eigenvalue weighted by Crippen LogP contribution is 2.31. The van der Waals surface area contributed by atoms with Gasteiger partial charge in [-0.15, -0.1) is 0 Å². The van der Waals surface area contributed by atoms with Crippen LogP contribution in [0.25, 0.3) is 11.1 Å². The second kappa shape index (κ2) is 6.34. The molecule has 2 aromatic carbocycles. The highest BCUT2D eigenvalue weighted by molar-refractivity contribution is 5.65. The minimum atomic E-state index is 0.719. The molecule has 0 N–H and O–H groups in total. The number of hydrogen-bond donors (Lipinski definition) is 0. The van der Waals surface area contributed by atoms with Crippen molar-refractivity contribution in [1.29, 1.82) is 0 Å². The SMILES string of the molecule is CCOc1ccc(-c2ccc3c(c2)CCC(CC)C3)cc1. The molecule has 0 saturated carbocycles. The third kappa shape index (κ3) is 3.12. The van der Waals surface area contributed by atoms with Crippen molar-refractivity contribution in [3.63, 3.8) is 0 Å². The molecule has 0 radical (unpaired) electrons. The average molecular weight is 280 g/mol. The number of hydrogen-bond acceptors (Lipinski definition) is 1. The van der Waals surface area contributed by atoms with E-state index in [-0.39, 0.29) is 0 Å². The fraction of sp³-hybridized carbons (Fsp3) is 0.400. The molecule has 1 atom stereocenters. The summed E-state index contributed by atoms with van der Waals surface area (Å²) in [5.74, 6) is 1.83. The molecule has 110 valence electrons. The molecule has 1 nitrogen and oxygen atoms in total. The lowest BCUT2D eigenvalue weighted by atomic mass is 9.81. The van der Waals surface area contributed by atoms with Crippen molar-refractivity contribution in [2.45, 2.75) is 39.5 Å². The van der Waals surface area contributed by atoms with Crippen LogP contribution in [0.3, 0.4) is 0 Å². The largest absolute Gasteiger partial charge is 0.494 e. The van der Waals surface area contributed by atoms with Gasteiger partial charge in [0, 0.05) is 0 Å². The molecular formula is C20H24O. The molecule has 0 fully saturated rings. The molecule has 21 heavy (non-hydrogen) atoms. The van der Waals surface area contributed by atoms with Gasteiger partial charge in [-0.3, -0.25) is 0 Å². The normalized spacial score (nSPS) is 17.3. The van der Waals surface area contributed by atoms with E-state index in [1.165, 1.54) is 36.8 Å². The van der Waals surface area contributed by atoms with E-state index in [1.54, 1.807) is 11.1 Å². The van der Waals surface area contributed by atoms with Gasteiger partial charge in [-0.1, -0.05) is 43.7 Å². The summed E-state index contributed by atoms with van der Waals surface area (Å²) in [6.45, 7) is 5.04. The molecule has 1 aliphatic rings. The van der Waals surface area contributed by atoms with Crippen LogP contribution in [0.5, 0.6) is 5.75 Å². The van der Waals surface area contributed by atoms with Crippen molar-refractivity contribution in [3.8, 4) is 16.9 Å². The van der Waals surface area contributed by atoms with Gasteiger partial charge in [-0.05, 0) is 66.5 Å². The van der Waals surface area contributed by atoms with Gasteiger partial charge in [0.2, 0.25) is 0 Å². The number of ether oxygens (including phenoxy) is 1. The summed E-state index contributed by atoms with van der Waals surface area (Å²) in [4.78, 5) is 0. The van der Waals surface area contributed by atoms with Crippen molar-refractivity contribution in [2.75, 3.05) is 6.61 Å². The fourth-order valence-electron chi connectivity index (χ4n) is 3.27. The van der Waals surface area contributed by atoms with Crippen molar-refractivity contribution >= 4 is 0 Å². The Morgan fingerprint density at radius 3 is 2.43 bits per heavy atom. The van der Waals surface area contributed by atoms with Crippen LogP contribution in [0.15, 0.2) is 42.5 Å².